The largest absolute Gasteiger partial charge is 0.480 e. The summed E-state index contributed by atoms with van der Waals surface area (Å²) in [5, 5.41) is 12.0. The molecule has 0 aliphatic carbocycles. The maximum Gasteiger partial charge on any atom is 0.324 e. The van der Waals surface area contributed by atoms with E-state index in [1.54, 1.807) is 6.92 Å². The van der Waals surface area contributed by atoms with Crippen LogP contribution < -0.4 is 0 Å². The van der Waals surface area contributed by atoms with Gasteiger partial charge in [-0.25, -0.2) is 5.01 Å². The van der Waals surface area contributed by atoms with Crippen molar-refractivity contribution in [3.8, 4) is 0 Å². The number of hydrazine groups is 1. The molecule has 0 saturated carbocycles. The maximum atomic E-state index is 12.0. The van der Waals surface area contributed by atoms with E-state index in [4.69, 9.17) is 5.11 Å². The summed E-state index contributed by atoms with van der Waals surface area (Å²) in [4.78, 5) is 22.7. The van der Waals surface area contributed by atoms with Gasteiger partial charge in [-0.2, -0.15) is 12.6 Å². The van der Waals surface area contributed by atoms with Crippen molar-refractivity contribution in [1.82, 2.24) is 10.0 Å². The zero-order valence-electron chi connectivity index (χ0n) is 9.43. The molecule has 1 N–H and O–H groups in total. The molecule has 0 aromatic carbocycles. The van der Waals surface area contributed by atoms with E-state index in [1.165, 1.54) is 5.01 Å². The monoisotopic (exact) mass is 246 g/mol. The first-order valence-electron chi connectivity index (χ1n) is 5.45. The molecule has 1 aliphatic heterocycles. The first-order chi connectivity index (χ1) is 7.56. The third kappa shape index (κ3) is 3.38. The topological polar surface area (TPSA) is 60.9 Å². The molecule has 1 rings (SSSR count). The van der Waals surface area contributed by atoms with Crippen molar-refractivity contribution in [3.63, 3.8) is 0 Å². The second kappa shape index (κ2) is 6.10. The third-order valence-corrected chi connectivity index (χ3v) is 3.21. The first kappa shape index (κ1) is 13.3. The quantitative estimate of drug-likeness (QED) is 0.693. The van der Waals surface area contributed by atoms with Crippen LogP contribution in [-0.4, -0.2) is 52.4 Å². The van der Waals surface area contributed by atoms with Crippen LogP contribution in [0.5, 0.6) is 0 Å². The van der Waals surface area contributed by atoms with Gasteiger partial charge in [0.15, 0.2) is 0 Å². The van der Waals surface area contributed by atoms with Gasteiger partial charge in [0.1, 0.15) is 6.54 Å². The lowest BCUT2D eigenvalue weighted by molar-refractivity contribution is -0.160. The lowest BCUT2D eigenvalue weighted by atomic mass is 10.2. The fourth-order valence-corrected chi connectivity index (χ4v) is 1.88. The lowest BCUT2D eigenvalue weighted by Gasteiger charge is -2.31. The number of hydrogen-bond acceptors (Lipinski definition) is 4. The predicted molar refractivity (Wildman–Crippen MR) is 63.2 cm³/mol. The summed E-state index contributed by atoms with van der Waals surface area (Å²) >= 11 is 4.07. The Hall–Kier alpha value is -0.750. The Morgan fingerprint density at radius 2 is 2.00 bits per heavy atom. The molecule has 1 aliphatic rings. The molecule has 0 aromatic rings. The van der Waals surface area contributed by atoms with Crippen LogP contribution >= 0.6 is 12.6 Å². The standard InChI is InChI=1S/C10H18N2O3S/c1-8(7-16)10(15)12(6-9(13)14)11-4-2-3-5-11/h8,16H,2-7H2,1H3,(H,13,14). The number of amides is 1. The zero-order valence-corrected chi connectivity index (χ0v) is 10.3. The lowest BCUT2D eigenvalue weighted by Crippen LogP contribution is -2.49. The van der Waals surface area contributed by atoms with Crippen LogP contribution in [0.3, 0.4) is 0 Å². The van der Waals surface area contributed by atoms with Crippen LogP contribution in [0.2, 0.25) is 0 Å². The molecule has 1 heterocycles. The highest BCUT2D eigenvalue weighted by atomic mass is 32.1. The summed E-state index contributed by atoms with van der Waals surface area (Å²) in [6.07, 6.45) is 2.03. The number of thiol groups is 1. The molecule has 5 nitrogen and oxygen atoms in total. The van der Waals surface area contributed by atoms with E-state index in [1.807, 2.05) is 5.01 Å². The van der Waals surface area contributed by atoms with Gasteiger partial charge in [-0.1, -0.05) is 6.92 Å². The van der Waals surface area contributed by atoms with Crippen molar-refractivity contribution in [2.45, 2.75) is 19.8 Å². The second-order valence-corrected chi connectivity index (χ2v) is 4.40. The fraction of sp³-hybridized carbons (Fsp3) is 0.800. The normalized spacial score (nSPS) is 18.4. The van der Waals surface area contributed by atoms with Crippen LogP contribution in [0.1, 0.15) is 19.8 Å². The van der Waals surface area contributed by atoms with E-state index < -0.39 is 5.97 Å². The predicted octanol–water partition coefficient (Wildman–Crippen LogP) is 0.476. The van der Waals surface area contributed by atoms with E-state index >= 15 is 0 Å². The summed E-state index contributed by atoms with van der Waals surface area (Å²) in [7, 11) is 0. The van der Waals surface area contributed by atoms with E-state index in [0.29, 0.717) is 5.75 Å². The zero-order chi connectivity index (χ0) is 12.1. The minimum absolute atomic E-state index is 0.153. The van der Waals surface area contributed by atoms with Gasteiger partial charge in [0.2, 0.25) is 5.91 Å². The molecule has 6 heteroatoms. The van der Waals surface area contributed by atoms with Gasteiger partial charge >= 0.3 is 5.97 Å². The SMILES string of the molecule is CC(CS)C(=O)N(CC(=O)O)N1CCCC1. The highest BCUT2D eigenvalue weighted by Crippen LogP contribution is 2.14. The smallest absolute Gasteiger partial charge is 0.324 e. The number of carboxylic acid groups (broad SMARTS) is 1. The van der Waals surface area contributed by atoms with Gasteiger partial charge in [-0.3, -0.25) is 14.6 Å². The number of carboxylic acids is 1. The summed E-state index contributed by atoms with van der Waals surface area (Å²) in [6, 6.07) is 0. The Balaban J connectivity index is 2.69. The Morgan fingerprint density at radius 3 is 2.44 bits per heavy atom. The van der Waals surface area contributed by atoms with Gasteiger partial charge in [-0.05, 0) is 12.8 Å². The summed E-state index contributed by atoms with van der Waals surface area (Å²) in [6.45, 7) is 3.04. The van der Waals surface area contributed by atoms with E-state index in [-0.39, 0.29) is 18.4 Å². The van der Waals surface area contributed by atoms with Crippen molar-refractivity contribution in [2.24, 2.45) is 5.92 Å². The van der Waals surface area contributed by atoms with Crippen molar-refractivity contribution in [3.05, 3.63) is 0 Å². The third-order valence-electron chi connectivity index (χ3n) is 2.66. The maximum absolute atomic E-state index is 12.0. The van der Waals surface area contributed by atoms with E-state index in [2.05, 4.69) is 12.6 Å². The van der Waals surface area contributed by atoms with Gasteiger partial charge in [0.25, 0.3) is 0 Å². The highest BCUT2D eigenvalue weighted by Gasteiger charge is 2.28. The number of rotatable bonds is 5. The average molecular weight is 246 g/mol. The first-order valence-corrected chi connectivity index (χ1v) is 6.08. The summed E-state index contributed by atoms with van der Waals surface area (Å²) < 4.78 is 0. The number of nitrogens with zero attached hydrogens (tertiary/aromatic N) is 2. The molecule has 1 fully saturated rings. The minimum Gasteiger partial charge on any atom is -0.480 e. The van der Waals surface area contributed by atoms with E-state index in [0.717, 1.165) is 25.9 Å². The highest BCUT2D eigenvalue weighted by molar-refractivity contribution is 7.80. The molecule has 0 bridgehead atoms. The molecular formula is C10H18N2O3S. The van der Waals surface area contributed by atoms with Crippen LogP contribution in [0.4, 0.5) is 0 Å². The van der Waals surface area contributed by atoms with Crippen LogP contribution in [-0.2, 0) is 9.59 Å². The number of aliphatic carboxylic acids is 1. The van der Waals surface area contributed by atoms with Crippen molar-refractivity contribution < 1.29 is 14.7 Å². The van der Waals surface area contributed by atoms with Crippen LogP contribution in [0, 0.1) is 5.92 Å². The molecule has 0 spiro atoms. The van der Waals surface area contributed by atoms with Crippen molar-refractivity contribution in [1.29, 1.82) is 0 Å². The van der Waals surface area contributed by atoms with Crippen molar-refractivity contribution in [2.75, 3.05) is 25.4 Å². The van der Waals surface area contributed by atoms with E-state index in [9.17, 15) is 9.59 Å². The summed E-state index contributed by atoms with van der Waals surface area (Å²) in [5.41, 5.74) is 0. The van der Waals surface area contributed by atoms with Gasteiger partial charge in [-0.15, -0.1) is 0 Å². The Bertz CT molecular complexity index is 267. The molecule has 1 unspecified atom stereocenters. The summed E-state index contributed by atoms with van der Waals surface area (Å²) in [5.74, 6) is -0.947. The molecule has 0 radical (unpaired) electrons. The van der Waals surface area contributed by atoms with Crippen LogP contribution in [0.15, 0.2) is 0 Å². The van der Waals surface area contributed by atoms with Crippen LogP contribution in [0.25, 0.3) is 0 Å². The Labute approximate surface area is 101 Å². The van der Waals surface area contributed by atoms with Gasteiger partial charge < -0.3 is 5.11 Å². The Morgan fingerprint density at radius 1 is 1.44 bits per heavy atom. The molecule has 92 valence electrons. The molecule has 16 heavy (non-hydrogen) atoms. The fourth-order valence-electron chi connectivity index (χ4n) is 1.72. The molecule has 1 atom stereocenters. The number of carbonyl (C=O) groups excluding carboxylic acids is 1. The molecule has 0 aromatic heterocycles. The molecule has 1 saturated heterocycles. The second-order valence-electron chi connectivity index (χ2n) is 4.03. The molecular weight excluding hydrogens is 228 g/mol. The number of carbonyl (C=O) groups is 2. The molecule has 1 amide bonds. The van der Waals surface area contributed by atoms with Gasteiger partial charge in [0.05, 0.1) is 0 Å². The van der Waals surface area contributed by atoms with Crippen molar-refractivity contribution >= 4 is 24.5 Å². The Kier molecular flexibility index (Phi) is 5.08. The number of hydrogen-bond donors (Lipinski definition) is 2. The average Bonchev–Trinajstić information content (AvgIpc) is 2.76. The minimum atomic E-state index is -0.980. The van der Waals surface area contributed by atoms with Gasteiger partial charge in [0, 0.05) is 24.8 Å².